The van der Waals surface area contributed by atoms with Crippen molar-refractivity contribution in [3.8, 4) is 0 Å². The zero-order chi connectivity index (χ0) is 13.2. The molecule has 0 aliphatic carbocycles. The standard InChI is InChI=1S/C16H16N2O/c1-11-7-9-19-16(11)15(17-2)13-6-5-12-4-3-8-18-14(12)10-13/h3-10,15,17H,1-2H3. The third-order valence-corrected chi connectivity index (χ3v) is 3.42. The number of aryl methyl sites for hydroxylation is 1. The minimum Gasteiger partial charge on any atom is -0.467 e. The predicted octanol–water partition coefficient (Wildman–Crippen LogP) is 3.45. The molecule has 0 amide bonds. The van der Waals surface area contributed by atoms with E-state index in [0.717, 1.165) is 27.8 Å². The molecule has 1 unspecified atom stereocenters. The van der Waals surface area contributed by atoms with E-state index in [2.05, 4.69) is 41.5 Å². The van der Waals surface area contributed by atoms with Crippen LogP contribution in [0, 0.1) is 6.92 Å². The van der Waals surface area contributed by atoms with Crippen molar-refractivity contribution in [3.05, 3.63) is 65.7 Å². The normalized spacial score (nSPS) is 12.7. The SMILES string of the molecule is CNC(c1ccc2cccnc2c1)c1occc1C. The third kappa shape index (κ3) is 2.13. The van der Waals surface area contributed by atoms with E-state index < -0.39 is 0 Å². The van der Waals surface area contributed by atoms with Crippen molar-refractivity contribution >= 4 is 10.9 Å². The summed E-state index contributed by atoms with van der Waals surface area (Å²) in [6, 6.07) is 12.4. The second kappa shape index (κ2) is 4.86. The average Bonchev–Trinajstić information content (AvgIpc) is 2.86. The van der Waals surface area contributed by atoms with Gasteiger partial charge in [-0.2, -0.15) is 0 Å². The van der Waals surface area contributed by atoms with Gasteiger partial charge in [0.15, 0.2) is 0 Å². The molecule has 0 bridgehead atoms. The summed E-state index contributed by atoms with van der Waals surface area (Å²) >= 11 is 0. The van der Waals surface area contributed by atoms with Crippen molar-refractivity contribution in [1.82, 2.24) is 10.3 Å². The van der Waals surface area contributed by atoms with Crippen LogP contribution in [0.1, 0.15) is 22.9 Å². The van der Waals surface area contributed by atoms with Crippen LogP contribution in [0.2, 0.25) is 0 Å². The second-order valence-electron chi connectivity index (χ2n) is 4.65. The highest BCUT2D eigenvalue weighted by Gasteiger charge is 2.17. The van der Waals surface area contributed by atoms with E-state index >= 15 is 0 Å². The molecule has 2 aromatic heterocycles. The Labute approximate surface area is 112 Å². The molecule has 0 saturated carbocycles. The first-order valence-electron chi connectivity index (χ1n) is 6.35. The summed E-state index contributed by atoms with van der Waals surface area (Å²) in [5.74, 6) is 0.956. The summed E-state index contributed by atoms with van der Waals surface area (Å²) in [6.45, 7) is 2.06. The molecule has 0 aliphatic rings. The van der Waals surface area contributed by atoms with Gasteiger partial charge in [-0.1, -0.05) is 18.2 Å². The van der Waals surface area contributed by atoms with E-state index in [1.807, 2.05) is 25.4 Å². The molecular formula is C16H16N2O. The van der Waals surface area contributed by atoms with Crippen LogP contribution in [-0.2, 0) is 0 Å². The molecule has 1 aromatic carbocycles. The van der Waals surface area contributed by atoms with Gasteiger partial charge in [0.25, 0.3) is 0 Å². The van der Waals surface area contributed by atoms with Gasteiger partial charge in [-0.25, -0.2) is 0 Å². The smallest absolute Gasteiger partial charge is 0.128 e. The number of furan rings is 1. The number of fused-ring (bicyclic) bond motifs is 1. The Balaban J connectivity index is 2.09. The minimum atomic E-state index is 0.0569. The average molecular weight is 252 g/mol. The van der Waals surface area contributed by atoms with Crippen LogP contribution in [0.15, 0.2) is 53.3 Å². The summed E-state index contributed by atoms with van der Waals surface area (Å²) < 4.78 is 5.60. The van der Waals surface area contributed by atoms with E-state index in [-0.39, 0.29) is 6.04 Å². The molecule has 0 spiro atoms. The molecule has 3 heteroatoms. The summed E-state index contributed by atoms with van der Waals surface area (Å²) in [4.78, 5) is 4.40. The summed E-state index contributed by atoms with van der Waals surface area (Å²) in [5, 5.41) is 4.45. The lowest BCUT2D eigenvalue weighted by atomic mass is 10.0. The largest absolute Gasteiger partial charge is 0.467 e. The van der Waals surface area contributed by atoms with E-state index in [1.54, 1.807) is 6.26 Å². The van der Waals surface area contributed by atoms with Crippen LogP contribution in [0.4, 0.5) is 0 Å². The number of hydrogen-bond acceptors (Lipinski definition) is 3. The van der Waals surface area contributed by atoms with Gasteiger partial charge in [-0.05, 0) is 43.3 Å². The molecule has 1 atom stereocenters. The Morgan fingerprint density at radius 1 is 1.21 bits per heavy atom. The molecule has 0 fully saturated rings. The van der Waals surface area contributed by atoms with Crippen LogP contribution >= 0.6 is 0 Å². The molecule has 96 valence electrons. The quantitative estimate of drug-likeness (QED) is 0.776. The lowest BCUT2D eigenvalue weighted by molar-refractivity contribution is 0.460. The van der Waals surface area contributed by atoms with E-state index in [9.17, 15) is 0 Å². The first-order chi connectivity index (χ1) is 9.29. The first kappa shape index (κ1) is 11.9. The molecule has 1 N–H and O–H groups in total. The number of pyridine rings is 1. The summed E-state index contributed by atoms with van der Waals surface area (Å²) in [7, 11) is 1.94. The topological polar surface area (TPSA) is 38.1 Å². The minimum absolute atomic E-state index is 0.0569. The number of aromatic nitrogens is 1. The Morgan fingerprint density at radius 3 is 2.84 bits per heavy atom. The molecule has 0 radical (unpaired) electrons. The van der Waals surface area contributed by atoms with Crippen LogP contribution in [0.5, 0.6) is 0 Å². The van der Waals surface area contributed by atoms with Crippen molar-refractivity contribution < 1.29 is 4.42 Å². The maximum Gasteiger partial charge on any atom is 0.128 e. The Bertz CT molecular complexity index is 703. The van der Waals surface area contributed by atoms with Gasteiger partial charge >= 0.3 is 0 Å². The zero-order valence-corrected chi connectivity index (χ0v) is 11.1. The van der Waals surface area contributed by atoms with Crippen LogP contribution in [-0.4, -0.2) is 12.0 Å². The number of nitrogens with one attached hydrogen (secondary N) is 1. The van der Waals surface area contributed by atoms with Gasteiger partial charge in [0, 0.05) is 11.6 Å². The number of rotatable bonds is 3. The fraction of sp³-hybridized carbons (Fsp3) is 0.188. The molecule has 3 aromatic rings. The number of hydrogen-bond donors (Lipinski definition) is 1. The Kier molecular flexibility index (Phi) is 3.05. The van der Waals surface area contributed by atoms with E-state index in [0.29, 0.717) is 0 Å². The van der Waals surface area contributed by atoms with Crippen molar-refractivity contribution in [2.24, 2.45) is 0 Å². The number of benzene rings is 1. The van der Waals surface area contributed by atoms with Crippen LogP contribution in [0.25, 0.3) is 10.9 Å². The van der Waals surface area contributed by atoms with E-state index in [1.165, 1.54) is 0 Å². The zero-order valence-electron chi connectivity index (χ0n) is 11.1. The van der Waals surface area contributed by atoms with Crippen LogP contribution < -0.4 is 5.32 Å². The van der Waals surface area contributed by atoms with Gasteiger partial charge < -0.3 is 9.73 Å². The van der Waals surface area contributed by atoms with Gasteiger partial charge in [0.05, 0.1) is 17.8 Å². The summed E-state index contributed by atoms with van der Waals surface area (Å²) in [6.07, 6.45) is 3.55. The number of nitrogens with zero attached hydrogens (tertiary/aromatic N) is 1. The van der Waals surface area contributed by atoms with Gasteiger partial charge in [-0.15, -0.1) is 0 Å². The van der Waals surface area contributed by atoms with Gasteiger partial charge in [-0.3, -0.25) is 4.98 Å². The molecule has 0 aliphatic heterocycles. The molecule has 19 heavy (non-hydrogen) atoms. The highest BCUT2D eigenvalue weighted by atomic mass is 16.3. The molecule has 0 saturated heterocycles. The Hall–Kier alpha value is -2.13. The monoisotopic (exact) mass is 252 g/mol. The fourth-order valence-electron chi connectivity index (χ4n) is 2.39. The lowest BCUT2D eigenvalue weighted by Crippen LogP contribution is -2.17. The second-order valence-corrected chi connectivity index (χ2v) is 4.65. The van der Waals surface area contributed by atoms with Gasteiger partial charge in [0.1, 0.15) is 5.76 Å². The Morgan fingerprint density at radius 2 is 2.11 bits per heavy atom. The van der Waals surface area contributed by atoms with E-state index in [4.69, 9.17) is 4.42 Å². The van der Waals surface area contributed by atoms with Crippen molar-refractivity contribution in [2.75, 3.05) is 7.05 Å². The van der Waals surface area contributed by atoms with Crippen molar-refractivity contribution in [1.29, 1.82) is 0 Å². The summed E-state index contributed by atoms with van der Waals surface area (Å²) in [5.41, 5.74) is 3.32. The maximum atomic E-state index is 5.60. The molecular weight excluding hydrogens is 236 g/mol. The molecule has 2 heterocycles. The van der Waals surface area contributed by atoms with Gasteiger partial charge in [0.2, 0.25) is 0 Å². The maximum absolute atomic E-state index is 5.60. The first-order valence-corrected chi connectivity index (χ1v) is 6.35. The van der Waals surface area contributed by atoms with Crippen molar-refractivity contribution in [2.45, 2.75) is 13.0 Å². The fourth-order valence-corrected chi connectivity index (χ4v) is 2.39. The molecule has 3 rings (SSSR count). The predicted molar refractivity (Wildman–Crippen MR) is 76.1 cm³/mol. The van der Waals surface area contributed by atoms with Crippen molar-refractivity contribution in [3.63, 3.8) is 0 Å². The third-order valence-electron chi connectivity index (χ3n) is 3.42. The lowest BCUT2D eigenvalue weighted by Gasteiger charge is -2.15. The molecule has 3 nitrogen and oxygen atoms in total. The van der Waals surface area contributed by atoms with Crippen LogP contribution in [0.3, 0.4) is 0 Å². The highest BCUT2D eigenvalue weighted by molar-refractivity contribution is 5.79. The highest BCUT2D eigenvalue weighted by Crippen LogP contribution is 2.27.